The fourth-order valence-corrected chi connectivity index (χ4v) is 2.23. The van der Waals surface area contributed by atoms with Crippen LogP contribution in [0.1, 0.15) is 32.4 Å². The van der Waals surface area contributed by atoms with Gasteiger partial charge in [0, 0.05) is 11.3 Å². The van der Waals surface area contributed by atoms with E-state index in [9.17, 15) is 4.79 Å². The molecule has 1 heterocycles. The lowest BCUT2D eigenvalue weighted by molar-refractivity contribution is -0.120. The lowest BCUT2D eigenvalue weighted by atomic mass is 10.0. The number of carbonyl (C=O) groups excluding carboxylic acids is 1. The average Bonchev–Trinajstić information content (AvgIpc) is 2.67. The van der Waals surface area contributed by atoms with E-state index in [4.69, 9.17) is 11.6 Å². The van der Waals surface area contributed by atoms with E-state index < -0.39 is 0 Å². The molecule has 1 aromatic heterocycles. The maximum atomic E-state index is 11.7. The third-order valence-corrected chi connectivity index (χ3v) is 3.36. The second-order valence-electron chi connectivity index (χ2n) is 3.28. The summed E-state index contributed by atoms with van der Waals surface area (Å²) in [6.45, 7) is 4.03. The topological polar surface area (TPSA) is 42.0 Å². The molecule has 0 unspecified atom stereocenters. The molecule has 0 atom stereocenters. The number of nitrogens with zero attached hydrogens (tertiary/aromatic N) is 1. The van der Waals surface area contributed by atoms with Crippen molar-refractivity contribution in [1.29, 1.82) is 0 Å². The van der Waals surface area contributed by atoms with Crippen molar-refractivity contribution in [1.82, 2.24) is 4.98 Å². The Morgan fingerprint density at radius 1 is 1.60 bits per heavy atom. The van der Waals surface area contributed by atoms with Gasteiger partial charge >= 0.3 is 0 Å². The average molecular weight is 247 g/mol. The Morgan fingerprint density at radius 3 is 2.73 bits per heavy atom. The molecule has 0 fully saturated rings. The Hall–Kier alpha value is -0.610. The van der Waals surface area contributed by atoms with Gasteiger partial charge in [-0.25, -0.2) is 4.98 Å². The van der Waals surface area contributed by atoms with Crippen molar-refractivity contribution in [2.75, 3.05) is 5.32 Å². The van der Waals surface area contributed by atoms with Crippen LogP contribution in [-0.2, 0) is 10.7 Å². The van der Waals surface area contributed by atoms with Crippen LogP contribution in [0.5, 0.6) is 0 Å². The number of hydrogen-bond donors (Lipinski definition) is 1. The van der Waals surface area contributed by atoms with Crippen molar-refractivity contribution in [3.63, 3.8) is 0 Å². The summed E-state index contributed by atoms with van der Waals surface area (Å²) in [5, 5.41) is 5.31. The highest BCUT2D eigenvalue weighted by molar-refractivity contribution is 7.13. The van der Waals surface area contributed by atoms with Crippen molar-refractivity contribution in [3.05, 3.63) is 11.1 Å². The Morgan fingerprint density at radius 2 is 2.27 bits per heavy atom. The fourth-order valence-electron chi connectivity index (χ4n) is 1.29. The molecule has 0 bridgehead atoms. The minimum atomic E-state index is 0.0514. The largest absolute Gasteiger partial charge is 0.302 e. The Labute approximate surface area is 98.9 Å². The zero-order chi connectivity index (χ0) is 11.3. The van der Waals surface area contributed by atoms with Crippen LogP contribution < -0.4 is 5.32 Å². The molecule has 0 saturated carbocycles. The van der Waals surface area contributed by atoms with Crippen LogP contribution >= 0.6 is 22.9 Å². The summed E-state index contributed by atoms with van der Waals surface area (Å²) >= 11 is 7.04. The van der Waals surface area contributed by atoms with E-state index in [1.54, 1.807) is 0 Å². The van der Waals surface area contributed by atoms with E-state index in [2.05, 4.69) is 10.3 Å². The number of carbonyl (C=O) groups is 1. The fraction of sp³-hybridized carbons (Fsp3) is 0.600. The molecule has 0 saturated heterocycles. The number of nitrogens with one attached hydrogen (secondary N) is 1. The predicted octanol–water partition coefficient (Wildman–Crippen LogP) is 3.26. The number of alkyl halides is 1. The molecular weight excluding hydrogens is 232 g/mol. The van der Waals surface area contributed by atoms with Crippen molar-refractivity contribution in [3.8, 4) is 0 Å². The molecule has 1 rings (SSSR count). The summed E-state index contributed by atoms with van der Waals surface area (Å²) in [7, 11) is 0. The normalized spacial score (nSPS) is 10.7. The number of anilines is 1. The number of rotatable bonds is 5. The van der Waals surface area contributed by atoms with Crippen LogP contribution in [-0.4, -0.2) is 10.9 Å². The van der Waals surface area contributed by atoms with Gasteiger partial charge in [0.1, 0.15) is 0 Å². The first-order chi connectivity index (χ1) is 7.21. The summed E-state index contributed by atoms with van der Waals surface area (Å²) in [5.41, 5.74) is 0.807. The Bertz CT molecular complexity index is 323. The zero-order valence-corrected chi connectivity index (χ0v) is 10.5. The van der Waals surface area contributed by atoms with Crippen LogP contribution in [0.4, 0.5) is 5.13 Å². The number of amides is 1. The smallest absolute Gasteiger partial charge is 0.229 e. The molecule has 3 nitrogen and oxygen atoms in total. The lowest BCUT2D eigenvalue weighted by Gasteiger charge is -2.10. The Kier molecular flexibility index (Phi) is 5.05. The van der Waals surface area contributed by atoms with Crippen molar-refractivity contribution in [2.24, 2.45) is 5.92 Å². The number of hydrogen-bond acceptors (Lipinski definition) is 3. The molecule has 0 spiro atoms. The summed E-state index contributed by atoms with van der Waals surface area (Å²) in [4.78, 5) is 15.9. The molecule has 0 aliphatic heterocycles. The summed E-state index contributed by atoms with van der Waals surface area (Å²) in [6.07, 6.45) is 1.71. The van der Waals surface area contributed by atoms with Crippen LogP contribution in [0, 0.1) is 5.92 Å². The van der Waals surface area contributed by atoms with Crippen LogP contribution in [0.2, 0.25) is 0 Å². The predicted molar refractivity (Wildman–Crippen MR) is 64.4 cm³/mol. The third kappa shape index (κ3) is 3.47. The van der Waals surface area contributed by atoms with Gasteiger partial charge in [0.25, 0.3) is 0 Å². The minimum absolute atomic E-state index is 0.0514. The molecule has 0 aromatic carbocycles. The molecule has 0 radical (unpaired) electrons. The maximum absolute atomic E-state index is 11.7. The van der Waals surface area contributed by atoms with Crippen molar-refractivity contribution >= 4 is 34.0 Å². The molecule has 0 aliphatic carbocycles. The maximum Gasteiger partial charge on any atom is 0.229 e. The van der Waals surface area contributed by atoms with Gasteiger partial charge in [-0.3, -0.25) is 4.79 Å². The van der Waals surface area contributed by atoms with Gasteiger partial charge in [0.2, 0.25) is 5.91 Å². The standard InChI is InChI=1S/C10H15ClN2OS/c1-3-7(4-2)9(14)13-10-12-8(5-11)6-15-10/h6-7H,3-5H2,1-2H3,(H,12,13,14). The van der Waals surface area contributed by atoms with Gasteiger partial charge in [-0.2, -0.15) is 0 Å². The van der Waals surface area contributed by atoms with Gasteiger partial charge in [-0.1, -0.05) is 13.8 Å². The van der Waals surface area contributed by atoms with Gasteiger partial charge in [0.15, 0.2) is 5.13 Å². The number of thiazole rings is 1. The number of aromatic nitrogens is 1. The van der Waals surface area contributed by atoms with Crippen LogP contribution in [0.25, 0.3) is 0 Å². The quantitative estimate of drug-likeness (QED) is 0.811. The molecule has 1 aromatic rings. The zero-order valence-electron chi connectivity index (χ0n) is 8.92. The highest BCUT2D eigenvalue weighted by Crippen LogP contribution is 2.18. The van der Waals surface area contributed by atoms with E-state index in [-0.39, 0.29) is 11.8 Å². The van der Waals surface area contributed by atoms with Crippen molar-refractivity contribution in [2.45, 2.75) is 32.6 Å². The highest BCUT2D eigenvalue weighted by Gasteiger charge is 2.15. The summed E-state index contributed by atoms with van der Waals surface area (Å²) in [5.74, 6) is 0.515. The van der Waals surface area contributed by atoms with E-state index in [1.807, 2.05) is 19.2 Å². The van der Waals surface area contributed by atoms with E-state index in [0.717, 1.165) is 18.5 Å². The van der Waals surface area contributed by atoms with Gasteiger partial charge in [-0.05, 0) is 12.8 Å². The molecule has 15 heavy (non-hydrogen) atoms. The summed E-state index contributed by atoms with van der Waals surface area (Å²) < 4.78 is 0. The first-order valence-electron chi connectivity index (χ1n) is 5.02. The molecular formula is C10H15ClN2OS. The van der Waals surface area contributed by atoms with Gasteiger partial charge in [-0.15, -0.1) is 22.9 Å². The first-order valence-corrected chi connectivity index (χ1v) is 6.43. The van der Waals surface area contributed by atoms with Crippen LogP contribution in [0.15, 0.2) is 5.38 Å². The first kappa shape index (κ1) is 12.5. The van der Waals surface area contributed by atoms with E-state index >= 15 is 0 Å². The molecule has 1 amide bonds. The molecule has 5 heteroatoms. The Balaban J connectivity index is 2.57. The van der Waals surface area contributed by atoms with Gasteiger partial charge < -0.3 is 5.32 Å². The summed E-state index contributed by atoms with van der Waals surface area (Å²) in [6, 6.07) is 0. The highest BCUT2D eigenvalue weighted by atomic mass is 35.5. The molecule has 0 aliphatic rings. The third-order valence-electron chi connectivity index (χ3n) is 2.28. The molecule has 84 valence electrons. The van der Waals surface area contributed by atoms with Crippen molar-refractivity contribution < 1.29 is 4.79 Å². The van der Waals surface area contributed by atoms with Gasteiger partial charge in [0.05, 0.1) is 11.6 Å². The molecule has 1 N–H and O–H groups in total. The van der Waals surface area contributed by atoms with E-state index in [1.165, 1.54) is 11.3 Å². The number of halogens is 1. The SMILES string of the molecule is CCC(CC)C(=O)Nc1nc(CCl)cs1. The van der Waals surface area contributed by atoms with Crippen LogP contribution in [0.3, 0.4) is 0 Å². The lowest BCUT2D eigenvalue weighted by Crippen LogP contribution is -2.21. The minimum Gasteiger partial charge on any atom is -0.302 e. The second kappa shape index (κ2) is 6.08. The second-order valence-corrected chi connectivity index (χ2v) is 4.41. The van der Waals surface area contributed by atoms with E-state index in [0.29, 0.717) is 11.0 Å². The monoisotopic (exact) mass is 246 g/mol.